The SMILES string of the molecule is CC(=O)N(C)c1ccc2c(c1)c1c(sc3ccccc31)c(=O)n2C. The van der Waals surface area contributed by atoms with Crippen molar-refractivity contribution in [2.45, 2.75) is 6.92 Å². The lowest BCUT2D eigenvalue weighted by molar-refractivity contribution is -0.116. The van der Waals surface area contributed by atoms with Crippen LogP contribution < -0.4 is 10.5 Å². The van der Waals surface area contributed by atoms with Crippen LogP contribution in [0.25, 0.3) is 31.1 Å². The fourth-order valence-corrected chi connectivity index (χ4v) is 4.33. The number of hydrogen-bond acceptors (Lipinski definition) is 3. The minimum absolute atomic E-state index is 0.0198. The monoisotopic (exact) mass is 336 g/mol. The summed E-state index contributed by atoms with van der Waals surface area (Å²) >= 11 is 1.52. The summed E-state index contributed by atoms with van der Waals surface area (Å²) in [7, 11) is 3.55. The van der Waals surface area contributed by atoms with Gasteiger partial charge in [0.05, 0.1) is 5.52 Å². The van der Waals surface area contributed by atoms with E-state index in [0.29, 0.717) is 0 Å². The molecule has 0 aliphatic rings. The molecule has 0 saturated heterocycles. The predicted molar refractivity (Wildman–Crippen MR) is 101 cm³/mol. The van der Waals surface area contributed by atoms with Gasteiger partial charge in [0.1, 0.15) is 4.70 Å². The smallest absolute Gasteiger partial charge is 0.268 e. The maximum atomic E-state index is 12.7. The molecule has 0 atom stereocenters. The van der Waals surface area contributed by atoms with Crippen molar-refractivity contribution in [3.63, 3.8) is 0 Å². The molecule has 4 aromatic rings. The number of rotatable bonds is 1. The number of thiophene rings is 1. The Hall–Kier alpha value is -2.66. The molecule has 2 heterocycles. The predicted octanol–water partition coefficient (Wildman–Crippen LogP) is 3.89. The maximum Gasteiger partial charge on any atom is 0.268 e. The second kappa shape index (κ2) is 5.18. The molecule has 0 saturated carbocycles. The Morgan fingerprint density at radius 3 is 2.62 bits per heavy atom. The number of carbonyl (C=O) groups is 1. The van der Waals surface area contributed by atoms with E-state index >= 15 is 0 Å². The van der Waals surface area contributed by atoms with Gasteiger partial charge in [-0.2, -0.15) is 0 Å². The summed E-state index contributed by atoms with van der Waals surface area (Å²) in [5.74, 6) is -0.0226. The summed E-state index contributed by atoms with van der Waals surface area (Å²) in [5, 5.41) is 3.06. The summed E-state index contributed by atoms with van der Waals surface area (Å²) in [6, 6.07) is 13.9. The molecule has 0 spiro atoms. The number of amides is 1. The highest BCUT2D eigenvalue weighted by Crippen LogP contribution is 2.37. The van der Waals surface area contributed by atoms with Crippen LogP contribution in [0.15, 0.2) is 47.3 Å². The number of fused-ring (bicyclic) bond motifs is 5. The van der Waals surface area contributed by atoms with E-state index in [4.69, 9.17) is 0 Å². The third-order valence-electron chi connectivity index (χ3n) is 4.56. The van der Waals surface area contributed by atoms with E-state index in [0.717, 1.165) is 36.8 Å². The number of benzene rings is 2. The van der Waals surface area contributed by atoms with Crippen molar-refractivity contribution in [3.8, 4) is 0 Å². The standard InChI is InChI=1S/C19H16N2O2S/c1-11(22)20(2)12-8-9-15-14(10-12)17-13-6-4-5-7-16(13)24-18(17)19(23)21(15)3/h4-10H,1-3H3. The Kier molecular flexibility index (Phi) is 3.21. The summed E-state index contributed by atoms with van der Waals surface area (Å²) < 4.78 is 3.54. The minimum atomic E-state index is -0.0226. The van der Waals surface area contributed by atoms with E-state index < -0.39 is 0 Å². The van der Waals surface area contributed by atoms with Crippen molar-refractivity contribution in [3.05, 3.63) is 52.8 Å². The molecule has 1 amide bonds. The Balaban J connectivity index is 2.23. The van der Waals surface area contributed by atoms with Crippen LogP contribution in [0.1, 0.15) is 6.92 Å². The summed E-state index contributed by atoms with van der Waals surface area (Å²) in [5.41, 5.74) is 1.72. The average Bonchev–Trinajstić information content (AvgIpc) is 2.98. The first-order valence-electron chi connectivity index (χ1n) is 7.67. The van der Waals surface area contributed by atoms with Gasteiger partial charge >= 0.3 is 0 Å². The fraction of sp³-hybridized carbons (Fsp3) is 0.158. The number of anilines is 1. The molecule has 0 fully saturated rings. The van der Waals surface area contributed by atoms with E-state index in [1.807, 2.05) is 36.4 Å². The first kappa shape index (κ1) is 14.9. The van der Waals surface area contributed by atoms with Crippen LogP contribution in [-0.2, 0) is 11.8 Å². The van der Waals surface area contributed by atoms with Gasteiger partial charge < -0.3 is 9.47 Å². The summed E-state index contributed by atoms with van der Waals surface area (Å²) in [4.78, 5) is 26.1. The molecule has 0 aliphatic heterocycles. The fourth-order valence-electron chi connectivity index (χ4n) is 3.13. The molecule has 24 heavy (non-hydrogen) atoms. The van der Waals surface area contributed by atoms with Gasteiger partial charge in [0, 0.05) is 47.6 Å². The van der Waals surface area contributed by atoms with Crippen molar-refractivity contribution >= 4 is 54.0 Å². The molecule has 4 rings (SSSR count). The topological polar surface area (TPSA) is 42.3 Å². The number of nitrogens with zero attached hydrogens (tertiary/aromatic N) is 2. The molecule has 0 N–H and O–H groups in total. The molecule has 4 nitrogen and oxygen atoms in total. The lowest BCUT2D eigenvalue weighted by Crippen LogP contribution is -2.23. The van der Waals surface area contributed by atoms with Gasteiger partial charge in [-0.3, -0.25) is 9.59 Å². The molecule has 120 valence electrons. The van der Waals surface area contributed by atoms with Crippen LogP contribution >= 0.6 is 11.3 Å². The zero-order chi connectivity index (χ0) is 17.0. The molecule has 5 heteroatoms. The van der Waals surface area contributed by atoms with Gasteiger partial charge in [0.15, 0.2) is 0 Å². The van der Waals surface area contributed by atoms with Crippen molar-refractivity contribution in [1.29, 1.82) is 0 Å². The van der Waals surface area contributed by atoms with Crippen molar-refractivity contribution in [1.82, 2.24) is 4.57 Å². The zero-order valence-electron chi connectivity index (χ0n) is 13.7. The van der Waals surface area contributed by atoms with Gasteiger partial charge in [-0.05, 0) is 24.3 Å². The summed E-state index contributed by atoms with van der Waals surface area (Å²) in [6.45, 7) is 1.54. The molecule has 0 bridgehead atoms. The van der Waals surface area contributed by atoms with Gasteiger partial charge in [-0.15, -0.1) is 11.3 Å². The quantitative estimate of drug-likeness (QED) is 0.529. The van der Waals surface area contributed by atoms with Crippen molar-refractivity contribution < 1.29 is 4.79 Å². The Bertz CT molecular complexity index is 1190. The molecule has 2 aromatic heterocycles. The van der Waals surface area contributed by atoms with Gasteiger partial charge in [-0.25, -0.2) is 0 Å². The number of aromatic nitrogens is 1. The van der Waals surface area contributed by atoms with Crippen LogP contribution in [0.3, 0.4) is 0 Å². The first-order chi connectivity index (χ1) is 11.5. The van der Waals surface area contributed by atoms with E-state index in [1.165, 1.54) is 11.3 Å². The minimum Gasteiger partial charge on any atom is -0.316 e. The van der Waals surface area contributed by atoms with Crippen LogP contribution in [0.4, 0.5) is 5.69 Å². The third kappa shape index (κ3) is 1.98. The molecular formula is C19H16N2O2S. The Labute approximate surface area is 142 Å². The highest BCUT2D eigenvalue weighted by molar-refractivity contribution is 7.26. The average molecular weight is 336 g/mol. The largest absolute Gasteiger partial charge is 0.316 e. The van der Waals surface area contributed by atoms with E-state index in [9.17, 15) is 9.59 Å². The Morgan fingerprint density at radius 1 is 1.12 bits per heavy atom. The molecule has 2 aromatic carbocycles. The normalized spacial score (nSPS) is 11.5. The van der Waals surface area contributed by atoms with Crippen molar-refractivity contribution in [2.24, 2.45) is 7.05 Å². The lowest BCUT2D eigenvalue weighted by atomic mass is 10.1. The summed E-state index contributed by atoms with van der Waals surface area (Å²) in [6.07, 6.45) is 0. The second-order valence-corrected chi connectivity index (χ2v) is 7.00. The van der Waals surface area contributed by atoms with Gasteiger partial charge in [0.25, 0.3) is 5.56 Å². The zero-order valence-corrected chi connectivity index (χ0v) is 14.5. The number of hydrogen-bond donors (Lipinski definition) is 0. The number of carbonyl (C=O) groups excluding carboxylic acids is 1. The number of aryl methyl sites for hydroxylation is 1. The molecule has 0 unspecified atom stereocenters. The van der Waals surface area contributed by atoms with Crippen LogP contribution in [0.5, 0.6) is 0 Å². The first-order valence-corrected chi connectivity index (χ1v) is 8.49. The highest BCUT2D eigenvalue weighted by Gasteiger charge is 2.16. The van der Waals surface area contributed by atoms with E-state index in [2.05, 4.69) is 6.07 Å². The lowest BCUT2D eigenvalue weighted by Gasteiger charge is -2.16. The second-order valence-electron chi connectivity index (χ2n) is 5.95. The highest BCUT2D eigenvalue weighted by atomic mass is 32.1. The van der Waals surface area contributed by atoms with Gasteiger partial charge in [-0.1, -0.05) is 18.2 Å². The van der Waals surface area contributed by atoms with Gasteiger partial charge in [0.2, 0.25) is 5.91 Å². The molecular weight excluding hydrogens is 320 g/mol. The van der Waals surface area contributed by atoms with Crippen LogP contribution in [0.2, 0.25) is 0 Å². The van der Waals surface area contributed by atoms with Crippen LogP contribution in [0, 0.1) is 0 Å². The molecule has 0 radical (unpaired) electrons. The van der Waals surface area contributed by atoms with Crippen molar-refractivity contribution in [2.75, 3.05) is 11.9 Å². The van der Waals surface area contributed by atoms with E-state index in [1.54, 1.807) is 30.5 Å². The number of pyridine rings is 1. The maximum absolute atomic E-state index is 12.7. The van der Waals surface area contributed by atoms with E-state index in [-0.39, 0.29) is 11.5 Å². The molecule has 0 aliphatic carbocycles. The van der Waals surface area contributed by atoms with Crippen LogP contribution in [-0.4, -0.2) is 17.5 Å². The Morgan fingerprint density at radius 2 is 1.88 bits per heavy atom. The third-order valence-corrected chi connectivity index (χ3v) is 5.72.